The highest BCUT2D eigenvalue weighted by Crippen LogP contribution is 2.23. The third kappa shape index (κ3) is 3.59. The summed E-state index contributed by atoms with van der Waals surface area (Å²) >= 11 is 1.65. The van der Waals surface area contributed by atoms with Gasteiger partial charge < -0.3 is 4.74 Å². The van der Waals surface area contributed by atoms with Crippen molar-refractivity contribution in [3.05, 3.63) is 71.2 Å². The van der Waals surface area contributed by atoms with E-state index in [1.165, 1.54) is 0 Å². The molecule has 3 nitrogen and oxygen atoms in total. The molecule has 0 unspecified atom stereocenters. The van der Waals surface area contributed by atoms with Crippen LogP contribution in [0.25, 0.3) is 10.6 Å². The highest BCUT2D eigenvalue weighted by atomic mass is 32.1. The van der Waals surface area contributed by atoms with E-state index < -0.39 is 0 Å². The Morgan fingerprint density at radius 1 is 1.05 bits per heavy atom. The summed E-state index contributed by atoms with van der Waals surface area (Å²) in [6, 6.07) is 17.3. The number of thiazole rings is 1. The third-order valence-electron chi connectivity index (χ3n) is 3.22. The molecule has 0 aliphatic rings. The second kappa shape index (κ2) is 7.00. The van der Waals surface area contributed by atoms with Crippen LogP contribution in [-0.2, 0) is 6.42 Å². The van der Waals surface area contributed by atoms with Crippen LogP contribution in [0.1, 0.15) is 16.1 Å². The number of rotatable bonds is 6. The van der Waals surface area contributed by atoms with Gasteiger partial charge in [0.1, 0.15) is 17.0 Å². The van der Waals surface area contributed by atoms with Crippen LogP contribution in [-0.4, -0.2) is 17.9 Å². The summed E-state index contributed by atoms with van der Waals surface area (Å²) in [5, 5.41) is 3.10. The smallest absolute Gasteiger partial charge is 0.150 e. The van der Waals surface area contributed by atoms with Gasteiger partial charge in [-0.05, 0) is 24.3 Å². The van der Waals surface area contributed by atoms with E-state index in [-0.39, 0.29) is 0 Å². The molecule has 3 aromatic rings. The van der Waals surface area contributed by atoms with E-state index in [1.807, 2.05) is 18.2 Å². The van der Waals surface area contributed by atoms with Gasteiger partial charge in [0.15, 0.2) is 0 Å². The molecule has 110 valence electrons. The van der Waals surface area contributed by atoms with Crippen molar-refractivity contribution in [1.29, 1.82) is 0 Å². The third-order valence-corrected chi connectivity index (χ3v) is 4.16. The van der Waals surface area contributed by atoms with Crippen LogP contribution in [0.2, 0.25) is 0 Å². The number of benzene rings is 2. The maximum atomic E-state index is 10.6. The molecule has 0 atom stereocenters. The Kier molecular flexibility index (Phi) is 4.61. The summed E-state index contributed by atoms with van der Waals surface area (Å²) in [7, 11) is 0. The number of nitrogens with zero attached hydrogens (tertiary/aromatic N) is 1. The maximum absolute atomic E-state index is 10.6. The normalized spacial score (nSPS) is 10.4. The molecule has 4 heteroatoms. The fourth-order valence-electron chi connectivity index (χ4n) is 2.05. The molecule has 0 radical (unpaired) electrons. The molecular formula is C18H15NO2S. The zero-order valence-electron chi connectivity index (χ0n) is 11.9. The minimum atomic E-state index is 0.568. The van der Waals surface area contributed by atoms with Gasteiger partial charge in [-0.1, -0.05) is 30.3 Å². The van der Waals surface area contributed by atoms with Crippen molar-refractivity contribution >= 4 is 17.6 Å². The van der Waals surface area contributed by atoms with Crippen molar-refractivity contribution < 1.29 is 9.53 Å². The Morgan fingerprint density at radius 2 is 1.82 bits per heavy atom. The van der Waals surface area contributed by atoms with Crippen LogP contribution in [0, 0.1) is 0 Å². The predicted molar refractivity (Wildman–Crippen MR) is 88.6 cm³/mol. The van der Waals surface area contributed by atoms with E-state index in [0.29, 0.717) is 12.2 Å². The lowest BCUT2D eigenvalue weighted by Crippen LogP contribution is -2.01. The van der Waals surface area contributed by atoms with Gasteiger partial charge >= 0.3 is 0 Å². The molecule has 0 bridgehead atoms. The van der Waals surface area contributed by atoms with E-state index in [2.05, 4.69) is 22.5 Å². The SMILES string of the molecule is O=Cc1ccc(OCCc2csc(-c3ccccc3)n2)cc1. The summed E-state index contributed by atoms with van der Waals surface area (Å²) in [5.74, 6) is 0.768. The van der Waals surface area contributed by atoms with Gasteiger partial charge in [-0.25, -0.2) is 4.98 Å². The molecule has 0 fully saturated rings. The zero-order valence-corrected chi connectivity index (χ0v) is 12.8. The highest BCUT2D eigenvalue weighted by molar-refractivity contribution is 7.13. The van der Waals surface area contributed by atoms with Crippen molar-refractivity contribution in [3.8, 4) is 16.3 Å². The molecule has 0 N–H and O–H groups in total. The average Bonchev–Trinajstić information content (AvgIpc) is 3.05. The zero-order chi connectivity index (χ0) is 15.2. The van der Waals surface area contributed by atoms with Crippen LogP contribution in [0.3, 0.4) is 0 Å². The fourth-order valence-corrected chi connectivity index (χ4v) is 2.91. The Bertz CT molecular complexity index is 735. The minimum absolute atomic E-state index is 0.568. The maximum Gasteiger partial charge on any atom is 0.150 e. The van der Waals surface area contributed by atoms with Crippen molar-refractivity contribution in [3.63, 3.8) is 0 Å². The van der Waals surface area contributed by atoms with Crippen LogP contribution in [0.4, 0.5) is 0 Å². The summed E-state index contributed by atoms with van der Waals surface area (Å²) < 4.78 is 5.67. The van der Waals surface area contributed by atoms with Crippen molar-refractivity contribution in [2.24, 2.45) is 0 Å². The van der Waals surface area contributed by atoms with Crippen LogP contribution in [0.5, 0.6) is 5.75 Å². The number of hydrogen-bond donors (Lipinski definition) is 0. The first-order valence-electron chi connectivity index (χ1n) is 7.03. The summed E-state index contributed by atoms with van der Waals surface area (Å²) in [5.41, 5.74) is 2.83. The molecule has 0 amide bonds. The van der Waals surface area contributed by atoms with Crippen LogP contribution >= 0.6 is 11.3 Å². The molecule has 0 saturated carbocycles. The van der Waals surface area contributed by atoms with E-state index in [1.54, 1.807) is 35.6 Å². The molecule has 3 rings (SSSR count). The molecule has 0 saturated heterocycles. The quantitative estimate of drug-likeness (QED) is 0.639. The Hall–Kier alpha value is -2.46. The number of ether oxygens (including phenoxy) is 1. The highest BCUT2D eigenvalue weighted by Gasteiger charge is 2.04. The summed E-state index contributed by atoms with van der Waals surface area (Å²) in [6.45, 7) is 0.568. The lowest BCUT2D eigenvalue weighted by Gasteiger charge is -2.04. The van der Waals surface area contributed by atoms with Gasteiger partial charge in [0, 0.05) is 22.9 Å². The van der Waals surface area contributed by atoms with Gasteiger partial charge in [0.05, 0.1) is 12.3 Å². The Balaban J connectivity index is 1.55. The molecular weight excluding hydrogens is 294 g/mol. The monoisotopic (exact) mass is 309 g/mol. The fraction of sp³-hybridized carbons (Fsp3) is 0.111. The first-order valence-corrected chi connectivity index (χ1v) is 7.91. The van der Waals surface area contributed by atoms with E-state index in [0.717, 1.165) is 34.7 Å². The predicted octanol–water partition coefficient (Wildman–Crippen LogP) is 4.24. The molecule has 0 aliphatic carbocycles. The standard InChI is InChI=1S/C18H15NO2S/c20-12-14-6-8-17(9-7-14)21-11-10-16-13-22-18(19-16)15-4-2-1-3-5-15/h1-9,12-13H,10-11H2. The van der Waals surface area contributed by atoms with E-state index in [9.17, 15) is 4.79 Å². The number of carbonyl (C=O) groups is 1. The largest absolute Gasteiger partial charge is 0.493 e. The van der Waals surface area contributed by atoms with E-state index in [4.69, 9.17) is 4.74 Å². The lowest BCUT2D eigenvalue weighted by molar-refractivity contribution is 0.112. The van der Waals surface area contributed by atoms with E-state index >= 15 is 0 Å². The molecule has 0 spiro atoms. The number of aromatic nitrogens is 1. The lowest BCUT2D eigenvalue weighted by atomic mass is 10.2. The first-order chi connectivity index (χ1) is 10.8. The molecule has 1 heterocycles. The summed E-state index contributed by atoms with van der Waals surface area (Å²) in [4.78, 5) is 15.2. The second-order valence-electron chi connectivity index (χ2n) is 4.80. The average molecular weight is 309 g/mol. The minimum Gasteiger partial charge on any atom is -0.493 e. The van der Waals surface area contributed by atoms with Crippen LogP contribution < -0.4 is 4.74 Å². The molecule has 22 heavy (non-hydrogen) atoms. The Labute approximate surface area is 133 Å². The summed E-state index contributed by atoms with van der Waals surface area (Å²) in [6.07, 6.45) is 1.59. The topological polar surface area (TPSA) is 39.2 Å². The molecule has 2 aromatic carbocycles. The molecule has 1 aromatic heterocycles. The van der Waals surface area contributed by atoms with Crippen LogP contribution in [0.15, 0.2) is 60.0 Å². The van der Waals surface area contributed by atoms with Gasteiger partial charge in [0.2, 0.25) is 0 Å². The number of hydrogen-bond acceptors (Lipinski definition) is 4. The van der Waals surface area contributed by atoms with Gasteiger partial charge in [-0.2, -0.15) is 0 Å². The van der Waals surface area contributed by atoms with Gasteiger partial charge in [-0.15, -0.1) is 11.3 Å². The van der Waals surface area contributed by atoms with Gasteiger partial charge in [0.25, 0.3) is 0 Å². The van der Waals surface area contributed by atoms with Crippen molar-refractivity contribution in [2.45, 2.75) is 6.42 Å². The first kappa shape index (κ1) is 14.5. The van der Waals surface area contributed by atoms with Crippen molar-refractivity contribution in [2.75, 3.05) is 6.61 Å². The number of aldehydes is 1. The number of carbonyl (C=O) groups excluding carboxylic acids is 1. The second-order valence-corrected chi connectivity index (χ2v) is 5.65. The van der Waals surface area contributed by atoms with Gasteiger partial charge in [-0.3, -0.25) is 4.79 Å². The molecule has 0 aliphatic heterocycles. The Morgan fingerprint density at radius 3 is 2.55 bits per heavy atom. The van der Waals surface area contributed by atoms with Crippen molar-refractivity contribution in [1.82, 2.24) is 4.98 Å².